The number of hydrogen-bond acceptors (Lipinski definition) is 5. The number of anilines is 1. The van der Waals surface area contributed by atoms with Gasteiger partial charge in [0.1, 0.15) is 5.60 Å². The van der Waals surface area contributed by atoms with Crippen molar-refractivity contribution < 1.29 is 9.53 Å². The summed E-state index contributed by atoms with van der Waals surface area (Å²) in [7, 11) is 0. The average molecular weight is 235 g/mol. The zero-order valence-corrected chi connectivity index (χ0v) is 10.4. The summed E-state index contributed by atoms with van der Waals surface area (Å²) in [5, 5.41) is 7.90. The van der Waals surface area contributed by atoms with Crippen LogP contribution in [-0.2, 0) is 4.74 Å². The highest BCUT2D eigenvalue weighted by Gasteiger charge is 2.28. The fourth-order valence-corrected chi connectivity index (χ4v) is 1.52. The van der Waals surface area contributed by atoms with Crippen molar-refractivity contribution in [3.8, 4) is 0 Å². The predicted octanol–water partition coefficient (Wildman–Crippen LogP) is 1.89. The van der Waals surface area contributed by atoms with E-state index < -0.39 is 11.6 Å². The van der Waals surface area contributed by atoms with Crippen LogP contribution in [0.1, 0.15) is 55.7 Å². The van der Waals surface area contributed by atoms with Gasteiger partial charge in [-0.2, -0.15) is 5.10 Å². The van der Waals surface area contributed by atoms with Crippen LogP contribution in [0.25, 0.3) is 0 Å². The van der Waals surface area contributed by atoms with Crippen LogP contribution < -0.4 is 5.73 Å². The molecule has 1 aromatic rings. The molecule has 0 saturated heterocycles. The van der Waals surface area contributed by atoms with Crippen molar-refractivity contribution in [2.75, 3.05) is 5.73 Å². The normalized spacial score (nSPS) is 15.7. The van der Waals surface area contributed by atoms with Gasteiger partial charge in [-0.15, -0.1) is 5.10 Å². The van der Waals surface area contributed by atoms with Crippen molar-refractivity contribution in [2.45, 2.75) is 45.1 Å². The van der Waals surface area contributed by atoms with E-state index in [0.29, 0.717) is 11.6 Å². The van der Waals surface area contributed by atoms with Crippen LogP contribution >= 0.6 is 0 Å². The molecular formula is C12H17N3O2. The first kappa shape index (κ1) is 11.8. The number of nitrogen functional groups attached to an aromatic ring is 1. The van der Waals surface area contributed by atoms with Crippen LogP contribution in [0.5, 0.6) is 0 Å². The fraction of sp³-hybridized carbons (Fsp3) is 0.583. The Balaban J connectivity index is 2.16. The highest BCUT2D eigenvalue weighted by atomic mass is 16.6. The molecule has 2 N–H and O–H groups in total. The van der Waals surface area contributed by atoms with E-state index in [1.165, 1.54) is 0 Å². The molecule has 0 amide bonds. The summed E-state index contributed by atoms with van der Waals surface area (Å²) < 4.78 is 5.20. The molecule has 17 heavy (non-hydrogen) atoms. The number of nitrogens with zero attached hydrogens (tertiary/aromatic N) is 2. The largest absolute Gasteiger partial charge is 0.455 e. The van der Waals surface area contributed by atoms with E-state index in [1.807, 2.05) is 0 Å². The van der Waals surface area contributed by atoms with Crippen LogP contribution in [0.15, 0.2) is 6.07 Å². The molecule has 5 heteroatoms. The number of rotatable bonds is 2. The Morgan fingerprint density at radius 1 is 1.41 bits per heavy atom. The summed E-state index contributed by atoms with van der Waals surface area (Å²) >= 11 is 0. The standard InChI is InChI=1S/C12H17N3O2/c1-12(2,3)17-11(16)9-6-8(13)10(15-14-9)7-4-5-7/h6-7H,4-5H2,1-3H3,(H2,13,14). The maximum absolute atomic E-state index is 11.7. The average Bonchev–Trinajstić information content (AvgIpc) is 2.98. The second-order valence-electron chi connectivity index (χ2n) is 5.35. The zero-order chi connectivity index (χ0) is 12.6. The lowest BCUT2D eigenvalue weighted by Crippen LogP contribution is -2.25. The summed E-state index contributed by atoms with van der Waals surface area (Å²) in [4.78, 5) is 11.7. The molecule has 5 nitrogen and oxygen atoms in total. The van der Waals surface area contributed by atoms with Gasteiger partial charge in [0.05, 0.1) is 11.4 Å². The SMILES string of the molecule is CC(C)(C)OC(=O)c1cc(N)c(C2CC2)nn1. The monoisotopic (exact) mass is 235 g/mol. The lowest BCUT2D eigenvalue weighted by atomic mass is 10.2. The van der Waals surface area contributed by atoms with Crippen LogP contribution in [0.4, 0.5) is 5.69 Å². The molecule has 1 aromatic heterocycles. The maximum atomic E-state index is 11.7. The highest BCUT2D eigenvalue weighted by molar-refractivity contribution is 5.88. The summed E-state index contributed by atoms with van der Waals surface area (Å²) in [5.74, 6) is -0.0609. The molecule has 0 radical (unpaired) electrons. The van der Waals surface area contributed by atoms with Gasteiger partial charge in [0.2, 0.25) is 0 Å². The van der Waals surface area contributed by atoms with Gasteiger partial charge in [-0.25, -0.2) is 4.79 Å². The number of carbonyl (C=O) groups excluding carboxylic acids is 1. The Hall–Kier alpha value is -1.65. The molecule has 0 unspecified atom stereocenters. The van der Waals surface area contributed by atoms with E-state index in [0.717, 1.165) is 18.5 Å². The molecule has 0 atom stereocenters. The molecule has 92 valence electrons. The zero-order valence-electron chi connectivity index (χ0n) is 10.4. The van der Waals surface area contributed by atoms with Gasteiger partial charge in [0.15, 0.2) is 5.69 Å². The smallest absolute Gasteiger partial charge is 0.359 e. The third-order valence-electron chi connectivity index (χ3n) is 2.43. The Morgan fingerprint density at radius 2 is 2.06 bits per heavy atom. The number of esters is 1. The minimum atomic E-state index is -0.539. The van der Waals surface area contributed by atoms with Crippen molar-refractivity contribution >= 4 is 11.7 Å². The molecule has 0 aliphatic heterocycles. The van der Waals surface area contributed by atoms with Crippen molar-refractivity contribution in [1.29, 1.82) is 0 Å². The minimum absolute atomic E-state index is 0.168. The third-order valence-corrected chi connectivity index (χ3v) is 2.43. The first-order chi connectivity index (χ1) is 7.87. The van der Waals surface area contributed by atoms with Crippen LogP contribution in [0.3, 0.4) is 0 Å². The van der Waals surface area contributed by atoms with Gasteiger partial charge in [0, 0.05) is 5.92 Å². The van der Waals surface area contributed by atoms with Gasteiger partial charge < -0.3 is 10.5 Å². The second kappa shape index (κ2) is 3.98. The molecule has 2 rings (SSSR count). The Bertz CT molecular complexity index is 448. The summed E-state index contributed by atoms with van der Waals surface area (Å²) in [6.45, 7) is 5.42. The molecule has 1 fully saturated rings. The summed E-state index contributed by atoms with van der Waals surface area (Å²) in [6, 6.07) is 1.55. The first-order valence-corrected chi connectivity index (χ1v) is 5.73. The van der Waals surface area contributed by atoms with E-state index in [-0.39, 0.29) is 5.69 Å². The van der Waals surface area contributed by atoms with E-state index in [4.69, 9.17) is 10.5 Å². The van der Waals surface area contributed by atoms with E-state index in [1.54, 1.807) is 26.8 Å². The molecule has 1 heterocycles. The predicted molar refractivity (Wildman–Crippen MR) is 63.6 cm³/mol. The van der Waals surface area contributed by atoms with Crippen molar-refractivity contribution in [2.24, 2.45) is 0 Å². The van der Waals surface area contributed by atoms with Gasteiger partial charge in [-0.05, 0) is 39.7 Å². The number of ether oxygens (including phenoxy) is 1. The van der Waals surface area contributed by atoms with Gasteiger partial charge in [-0.3, -0.25) is 0 Å². The van der Waals surface area contributed by atoms with Crippen LogP contribution in [0.2, 0.25) is 0 Å². The number of carbonyl (C=O) groups is 1. The fourth-order valence-electron chi connectivity index (χ4n) is 1.52. The third kappa shape index (κ3) is 2.93. The lowest BCUT2D eigenvalue weighted by molar-refractivity contribution is 0.00616. The lowest BCUT2D eigenvalue weighted by Gasteiger charge is -2.19. The Morgan fingerprint density at radius 3 is 2.53 bits per heavy atom. The molecule has 1 saturated carbocycles. The maximum Gasteiger partial charge on any atom is 0.359 e. The number of aromatic nitrogens is 2. The molecule has 1 aliphatic carbocycles. The highest BCUT2D eigenvalue weighted by Crippen LogP contribution is 2.41. The minimum Gasteiger partial charge on any atom is -0.455 e. The van der Waals surface area contributed by atoms with Crippen LogP contribution in [-0.4, -0.2) is 21.8 Å². The Kier molecular flexibility index (Phi) is 2.77. The van der Waals surface area contributed by atoms with Crippen molar-refractivity contribution in [3.63, 3.8) is 0 Å². The molecular weight excluding hydrogens is 218 g/mol. The second-order valence-corrected chi connectivity index (χ2v) is 5.35. The summed E-state index contributed by atoms with van der Waals surface area (Å²) in [5.41, 5.74) is 6.82. The van der Waals surface area contributed by atoms with Gasteiger partial charge >= 0.3 is 5.97 Å². The molecule has 0 aromatic carbocycles. The van der Waals surface area contributed by atoms with Crippen molar-refractivity contribution in [1.82, 2.24) is 10.2 Å². The topological polar surface area (TPSA) is 78.1 Å². The van der Waals surface area contributed by atoms with E-state index in [2.05, 4.69) is 10.2 Å². The van der Waals surface area contributed by atoms with Crippen molar-refractivity contribution in [3.05, 3.63) is 17.5 Å². The van der Waals surface area contributed by atoms with Gasteiger partial charge in [0.25, 0.3) is 0 Å². The number of hydrogen-bond donors (Lipinski definition) is 1. The molecule has 1 aliphatic rings. The first-order valence-electron chi connectivity index (χ1n) is 5.73. The quantitative estimate of drug-likeness (QED) is 0.792. The Labute approximate surface area is 100 Å². The molecule has 0 spiro atoms. The van der Waals surface area contributed by atoms with Crippen LogP contribution in [0, 0.1) is 0 Å². The molecule has 0 bridgehead atoms. The summed E-state index contributed by atoms with van der Waals surface area (Å²) in [6.07, 6.45) is 2.20. The van der Waals surface area contributed by atoms with E-state index >= 15 is 0 Å². The van der Waals surface area contributed by atoms with Gasteiger partial charge in [-0.1, -0.05) is 0 Å². The number of nitrogens with two attached hydrogens (primary N) is 1. The van der Waals surface area contributed by atoms with E-state index in [9.17, 15) is 4.79 Å².